The molecule has 0 aromatic carbocycles. The van der Waals surface area contributed by atoms with E-state index in [1.807, 2.05) is 6.07 Å². The average molecular weight is 305 g/mol. The van der Waals surface area contributed by atoms with E-state index in [0.29, 0.717) is 11.1 Å². The average Bonchev–Trinajstić information content (AvgIpc) is 2.19. The van der Waals surface area contributed by atoms with E-state index in [9.17, 15) is 0 Å². The first-order valence-corrected chi connectivity index (χ1v) is 6.51. The Morgan fingerprint density at radius 3 is 2.88 bits per heavy atom. The smallest absolute Gasteiger partial charge is 0.147 e. The van der Waals surface area contributed by atoms with Crippen LogP contribution in [0.4, 0.5) is 5.82 Å². The van der Waals surface area contributed by atoms with Crippen LogP contribution in [0, 0.1) is 0 Å². The number of nitrogens with zero attached hydrogens (tertiary/aromatic N) is 3. The quantitative estimate of drug-likeness (QED) is 0.795. The number of hydrogen-bond acceptors (Lipinski definition) is 3. The Hall–Kier alpha value is -0.320. The van der Waals surface area contributed by atoms with Gasteiger partial charge in [-0.2, -0.15) is 0 Å². The Labute approximate surface area is 110 Å². The largest absolute Gasteiger partial charge is 0.350 e. The molecule has 5 heteroatoms. The van der Waals surface area contributed by atoms with Crippen molar-refractivity contribution in [1.82, 2.24) is 9.88 Å². The molecule has 0 saturated carbocycles. The van der Waals surface area contributed by atoms with Crippen molar-refractivity contribution >= 4 is 33.3 Å². The number of halogens is 2. The van der Waals surface area contributed by atoms with E-state index in [1.54, 1.807) is 6.20 Å². The fraction of sp³-hybridized carbons (Fsp3) is 0.545. The summed E-state index contributed by atoms with van der Waals surface area (Å²) in [6.45, 7) is 5.29. The molecule has 0 amide bonds. The summed E-state index contributed by atoms with van der Waals surface area (Å²) >= 11 is 9.59. The molecule has 88 valence electrons. The van der Waals surface area contributed by atoms with Gasteiger partial charge < -0.3 is 9.80 Å². The summed E-state index contributed by atoms with van der Waals surface area (Å²) in [5.74, 6) is 0.894. The molecule has 0 aliphatic carbocycles. The van der Waals surface area contributed by atoms with Crippen LogP contribution in [0.15, 0.2) is 16.7 Å². The molecule has 1 aromatic rings. The molecule has 1 saturated heterocycles. The van der Waals surface area contributed by atoms with Crippen LogP contribution in [-0.2, 0) is 0 Å². The second-order valence-corrected chi connectivity index (χ2v) is 5.59. The second kappa shape index (κ2) is 4.90. The van der Waals surface area contributed by atoms with Gasteiger partial charge in [0.25, 0.3) is 0 Å². The Morgan fingerprint density at radius 2 is 2.25 bits per heavy atom. The van der Waals surface area contributed by atoms with Gasteiger partial charge in [0.1, 0.15) is 5.82 Å². The Kier molecular flexibility index (Phi) is 3.72. The van der Waals surface area contributed by atoms with Crippen LogP contribution in [-0.4, -0.2) is 42.6 Å². The highest BCUT2D eigenvalue weighted by molar-refractivity contribution is 9.10. The van der Waals surface area contributed by atoms with Crippen LogP contribution in [0.25, 0.3) is 0 Å². The van der Waals surface area contributed by atoms with Gasteiger partial charge >= 0.3 is 0 Å². The first-order chi connectivity index (χ1) is 7.58. The number of hydrogen-bond donors (Lipinski definition) is 0. The van der Waals surface area contributed by atoms with Gasteiger partial charge in [-0.15, -0.1) is 0 Å². The normalized spacial score (nSPS) is 22.5. The summed E-state index contributed by atoms with van der Waals surface area (Å²) in [4.78, 5) is 9.01. The number of rotatable bonds is 1. The van der Waals surface area contributed by atoms with Gasteiger partial charge in [0.2, 0.25) is 0 Å². The molecule has 2 heterocycles. The molecule has 1 fully saturated rings. The zero-order valence-electron chi connectivity index (χ0n) is 9.45. The molecule has 16 heavy (non-hydrogen) atoms. The molecular formula is C11H15BrClN3. The summed E-state index contributed by atoms with van der Waals surface area (Å²) in [5.41, 5.74) is 0. The fourth-order valence-electron chi connectivity index (χ4n) is 2.07. The highest BCUT2D eigenvalue weighted by atomic mass is 79.9. The molecule has 2 rings (SSSR count). The lowest BCUT2D eigenvalue weighted by Gasteiger charge is -2.39. The number of aromatic nitrogens is 1. The molecule has 0 N–H and O–H groups in total. The second-order valence-electron chi connectivity index (χ2n) is 4.26. The molecule has 0 spiro atoms. The van der Waals surface area contributed by atoms with E-state index in [4.69, 9.17) is 11.6 Å². The first-order valence-electron chi connectivity index (χ1n) is 5.34. The van der Waals surface area contributed by atoms with Crippen LogP contribution in [0.1, 0.15) is 6.92 Å². The minimum Gasteiger partial charge on any atom is -0.350 e. The van der Waals surface area contributed by atoms with Crippen LogP contribution in [0.3, 0.4) is 0 Å². The molecule has 1 aliphatic rings. The predicted octanol–water partition coefficient (Wildman–Crippen LogP) is 2.64. The third kappa shape index (κ3) is 2.50. The van der Waals surface area contributed by atoms with Crippen molar-refractivity contribution in [1.29, 1.82) is 0 Å². The highest BCUT2D eigenvalue weighted by Crippen LogP contribution is 2.28. The van der Waals surface area contributed by atoms with Gasteiger partial charge in [0.05, 0.1) is 5.02 Å². The summed E-state index contributed by atoms with van der Waals surface area (Å²) < 4.78 is 0.919. The molecule has 1 aromatic heterocycles. The van der Waals surface area contributed by atoms with E-state index in [1.165, 1.54) is 0 Å². The van der Waals surface area contributed by atoms with Crippen LogP contribution < -0.4 is 4.90 Å². The summed E-state index contributed by atoms with van der Waals surface area (Å²) in [6, 6.07) is 2.35. The molecule has 1 aliphatic heterocycles. The maximum absolute atomic E-state index is 6.22. The lowest BCUT2D eigenvalue weighted by molar-refractivity contribution is 0.274. The van der Waals surface area contributed by atoms with E-state index in [2.05, 4.69) is 44.7 Å². The van der Waals surface area contributed by atoms with Crippen molar-refractivity contribution < 1.29 is 0 Å². The van der Waals surface area contributed by atoms with Crippen molar-refractivity contribution in [2.45, 2.75) is 13.0 Å². The van der Waals surface area contributed by atoms with E-state index in [-0.39, 0.29) is 0 Å². The van der Waals surface area contributed by atoms with Gasteiger partial charge in [-0.3, -0.25) is 0 Å². The third-order valence-electron chi connectivity index (χ3n) is 2.89. The Morgan fingerprint density at radius 1 is 1.50 bits per heavy atom. The van der Waals surface area contributed by atoms with Crippen molar-refractivity contribution in [2.75, 3.05) is 31.6 Å². The standard InChI is InChI=1S/C11H15BrClN3/c1-8-7-15(2)3-4-16(8)11-10(13)5-9(12)6-14-11/h5-6,8H,3-4,7H2,1-2H3. The molecular weight excluding hydrogens is 289 g/mol. The monoisotopic (exact) mass is 303 g/mol. The zero-order valence-corrected chi connectivity index (χ0v) is 11.8. The van der Waals surface area contributed by atoms with Crippen molar-refractivity contribution in [3.05, 3.63) is 21.8 Å². The van der Waals surface area contributed by atoms with Gasteiger partial charge in [0, 0.05) is 36.3 Å². The minimum absolute atomic E-state index is 0.449. The summed E-state index contributed by atoms with van der Waals surface area (Å²) in [5, 5.41) is 0.714. The maximum Gasteiger partial charge on any atom is 0.147 e. The molecule has 3 nitrogen and oxygen atoms in total. The van der Waals surface area contributed by atoms with Gasteiger partial charge in [0.15, 0.2) is 0 Å². The van der Waals surface area contributed by atoms with E-state index >= 15 is 0 Å². The van der Waals surface area contributed by atoms with Crippen LogP contribution in [0.5, 0.6) is 0 Å². The molecule has 0 radical (unpaired) electrons. The maximum atomic E-state index is 6.22. The fourth-order valence-corrected chi connectivity index (χ4v) is 2.81. The Bertz CT molecular complexity index is 385. The topological polar surface area (TPSA) is 19.4 Å². The lowest BCUT2D eigenvalue weighted by atomic mass is 10.2. The predicted molar refractivity (Wildman–Crippen MR) is 71.3 cm³/mol. The SMILES string of the molecule is CC1CN(C)CCN1c1ncc(Br)cc1Cl. The first kappa shape index (κ1) is 12.1. The summed E-state index contributed by atoms with van der Waals surface area (Å²) in [6.07, 6.45) is 1.80. The van der Waals surface area contributed by atoms with Crippen molar-refractivity contribution in [2.24, 2.45) is 0 Å². The molecule has 1 atom stereocenters. The highest BCUT2D eigenvalue weighted by Gasteiger charge is 2.24. The van der Waals surface area contributed by atoms with Crippen LogP contribution in [0.2, 0.25) is 5.02 Å². The number of likely N-dealkylation sites (N-methyl/N-ethyl adjacent to an activating group) is 1. The van der Waals surface area contributed by atoms with Gasteiger partial charge in [-0.25, -0.2) is 4.98 Å². The number of pyridine rings is 1. The zero-order chi connectivity index (χ0) is 11.7. The lowest BCUT2D eigenvalue weighted by Crippen LogP contribution is -2.50. The number of anilines is 1. The van der Waals surface area contributed by atoms with Crippen LogP contribution >= 0.6 is 27.5 Å². The van der Waals surface area contributed by atoms with E-state index < -0.39 is 0 Å². The molecule has 1 unspecified atom stereocenters. The van der Waals surface area contributed by atoms with Gasteiger partial charge in [-0.1, -0.05) is 11.6 Å². The summed E-state index contributed by atoms with van der Waals surface area (Å²) in [7, 11) is 2.14. The number of piperazine rings is 1. The Balaban J connectivity index is 2.23. The minimum atomic E-state index is 0.449. The van der Waals surface area contributed by atoms with Crippen molar-refractivity contribution in [3.8, 4) is 0 Å². The van der Waals surface area contributed by atoms with Crippen molar-refractivity contribution in [3.63, 3.8) is 0 Å². The van der Waals surface area contributed by atoms with E-state index in [0.717, 1.165) is 29.9 Å². The van der Waals surface area contributed by atoms with Gasteiger partial charge in [-0.05, 0) is 36.0 Å². The third-order valence-corrected chi connectivity index (χ3v) is 3.60. The molecule has 0 bridgehead atoms.